The number of likely N-dealkylation sites (N-methyl/N-ethyl adjacent to an activating group) is 1. The van der Waals surface area contributed by atoms with E-state index in [0.717, 1.165) is 19.3 Å². The summed E-state index contributed by atoms with van der Waals surface area (Å²) in [5.74, 6) is -0.546. The Balaban J connectivity index is 2.15. The first-order valence-corrected chi connectivity index (χ1v) is 7.24. The number of methoxy groups -OCH3 is 1. The number of esters is 1. The van der Waals surface area contributed by atoms with E-state index in [9.17, 15) is 14.3 Å². The second-order valence-corrected chi connectivity index (χ2v) is 5.68. The van der Waals surface area contributed by atoms with Gasteiger partial charge in [-0.05, 0) is 43.5 Å². The highest BCUT2D eigenvalue weighted by Gasteiger charge is 2.32. The fourth-order valence-corrected chi connectivity index (χ4v) is 3.03. The summed E-state index contributed by atoms with van der Waals surface area (Å²) in [5.41, 5.74) is 0.693. The molecule has 4 nitrogen and oxygen atoms in total. The summed E-state index contributed by atoms with van der Waals surface area (Å²) < 4.78 is 17.9. The Morgan fingerprint density at radius 3 is 2.62 bits per heavy atom. The van der Waals surface area contributed by atoms with Crippen molar-refractivity contribution in [1.82, 2.24) is 4.90 Å². The van der Waals surface area contributed by atoms with Gasteiger partial charge < -0.3 is 9.84 Å². The fraction of sp³-hybridized carbons (Fsp3) is 0.562. The maximum atomic E-state index is 13.1. The monoisotopic (exact) mass is 295 g/mol. The topological polar surface area (TPSA) is 49.8 Å². The first kappa shape index (κ1) is 15.9. The predicted octanol–water partition coefficient (Wildman–Crippen LogP) is 2.13. The van der Waals surface area contributed by atoms with Crippen molar-refractivity contribution in [2.24, 2.45) is 5.92 Å². The van der Waals surface area contributed by atoms with Crippen LogP contribution in [0.5, 0.6) is 0 Å². The first-order valence-electron chi connectivity index (χ1n) is 7.24. The fourth-order valence-electron chi connectivity index (χ4n) is 3.03. The van der Waals surface area contributed by atoms with Gasteiger partial charge in [0.2, 0.25) is 0 Å². The quantitative estimate of drug-likeness (QED) is 0.846. The zero-order chi connectivity index (χ0) is 15.4. The minimum atomic E-state index is -0.580. The molecule has 0 aromatic heterocycles. The molecule has 1 aromatic carbocycles. The lowest BCUT2D eigenvalue weighted by atomic mass is 10.0. The smallest absolute Gasteiger partial charge is 0.327 e. The lowest BCUT2D eigenvalue weighted by Gasteiger charge is -2.29. The molecule has 116 valence electrons. The second-order valence-electron chi connectivity index (χ2n) is 5.68. The van der Waals surface area contributed by atoms with Crippen molar-refractivity contribution >= 4 is 5.97 Å². The highest BCUT2D eigenvalue weighted by Crippen LogP contribution is 2.29. The van der Waals surface area contributed by atoms with Crippen LogP contribution in [0.2, 0.25) is 0 Å². The number of carbonyl (C=O) groups excluding carboxylic acids is 1. The number of rotatable bonds is 5. The molecule has 1 aliphatic carbocycles. The number of aliphatic hydroxyl groups is 1. The van der Waals surface area contributed by atoms with Gasteiger partial charge in [0, 0.05) is 6.54 Å². The molecule has 2 rings (SSSR count). The Hall–Kier alpha value is -1.46. The van der Waals surface area contributed by atoms with Gasteiger partial charge in [0.05, 0.1) is 13.2 Å². The van der Waals surface area contributed by atoms with Crippen LogP contribution in [0.15, 0.2) is 24.3 Å². The summed E-state index contributed by atoms with van der Waals surface area (Å²) in [6, 6.07) is 5.28. The van der Waals surface area contributed by atoms with Gasteiger partial charge in [-0.25, -0.2) is 9.18 Å². The third-order valence-corrected chi connectivity index (χ3v) is 4.19. The van der Waals surface area contributed by atoms with E-state index in [-0.39, 0.29) is 23.8 Å². The maximum Gasteiger partial charge on any atom is 0.327 e. The van der Waals surface area contributed by atoms with Crippen LogP contribution in [0.25, 0.3) is 0 Å². The van der Waals surface area contributed by atoms with Crippen molar-refractivity contribution in [3.63, 3.8) is 0 Å². The average Bonchev–Trinajstić information content (AvgIpc) is 2.86. The molecule has 1 fully saturated rings. The van der Waals surface area contributed by atoms with Crippen molar-refractivity contribution in [3.8, 4) is 0 Å². The molecule has 3 unspecified atom stereocenters. The molecule has 1 N–H and O–H groups in total. The number of nitrogens with zero attached hydrogens (tertiary/aromatic N) is 1. The molecule has 0 radical (unpaired) electrons. The molecule has 21 heavy (non-hydrogen) atoms. The number of carbonyl (C=O) groups is 1. The predicted molar refractivity (Wildman–Crippen MR) is 77.1 cm³/mol. The summed E-state index contributed by atoms with van der Waals surface area (Å²) in [7, 11) is 3.17. The molecule has 3 atom stereocenters. The first-order chi connectivity index (χ1) is 10.0. The van der Waals surface area contributed by atoms with Gasteiger partial charge in [0.25, 0.3) is 0 Å². The van der Waals surface area contributed by atoms with Crippen molar-refractivity contribution in [2.45, 2.75) is 31.4 Å². The van der Waals surface area contributed by atoms with E-state index in [2.05, 4.69) is 0 Å². The number of halogens is 1. The second kappa shape index (κ2) is 7.00. The van der Waals surface area contributed by atoms with Gasteiger partial charge in [-0.2, -0.15) is 0 Å². The van der Waals surface area contributed by atoms with Gasteiger partial charge in [-0.1, -0.05) is 18.6 Å². The third-order valence-electron chi connectivity index (χ3n) is 4.19. The molecule has 1 saturated carbocycles. The van der Waals surface area contributed by atoms with Gasteiger partial charge in [0.1, 0.15) is 11.9 Å². The molecule has 0 saturated heterocycles. The summed E-state index contributed by atoms with van der Waals surface area (Å²) in [6.07, 6.45) is 2.49. The van der Waals surface area contributed by atoms with Crippen LogP contribution in [0.4, 0.5) is 4.39 Å². The molecule has 0 heterocycles. The summed E-state index contributed by atoms with van der Waals surface area (Å²) in [6.45, 7) is 0.609. The van der Waals surface area contributed by atoms with Crippen LogP contribution in [0, 0.1) is 11.7 Å². The largest absolute Gasteiger partial charge is 0.468 e. The van der Waals surface area contributed by atoms with Gasteiger partial charge in [-0.15, -0.1) is 0 Å². The Bertz CT molecular complexity index is 477. The molecule has 5 heteroatoms. The summed E-state index contributed by atoms with van der Waals surface area (Å²) in [5, 5.41) is 9.93. The normalized spacial score (nSPS) is 23.3. The van der Waals surface area contributed by atoms with Crippen LogP contribution >= 0.6 is 0 Å². The Morgan fingerprint density at radius 1 is 1.43 bits per heavy atom. The minimum Gasteiger partial charge on any atom is -0.468 e. The Labute approximate surface area is 124 Å². The molecule has 0 aliphatic heterocycles. The molecule has 0 amide bonds. The lowest BCUT2D eigenvalue weighted by molar-refractivity contribution is -0.147. The van der Waals surface area contributed by atoms with Crippen molar-refractivity contribution in [1.29, 1.82) is 0 Å². The highest BCUT2D eigenvalue weighted by molar-refractivity contribution is 5.77. The van der Waals surface area contributed by atoms with E-state index in [1.165, 1.54) is 19.2 Å². The standard InChI is InChI=1S/C16H22FNO3/c1-18(10-12-4-3-5-14(12)19)15(16(20)21-2)11-6-8-13(17)9-7-11/h6-9,12,14-15,19H,3-5,10H2,1-2H3. The van der Waals surface area contributed by atoms with Crippen LogP contribution < -0.4 is 0 Å². The van der Waals surface area contributed by atoms with Crippen molar-refractivity contribution in [2.75, 3.05) is 20.7 Å². The number of hydrogen-bond acceptors (Lipinski definition) is 4. The molecule has 1 aromatic rings. The van der Waals surface area contributed by atoms with E-state index in [1.54, 1.807) is 12.1 Å². The Kier molecular flexibility index (Phi) is 5.31. The van der Waals surface area contributed by atoms with E-state index in [0.29, 0.717) is 12.1 Å². The summed E-state index contributed by atoms with van der Waals surface area (Å²) >= 11 is 0. The molecule has 0 spiro atoms. The van der Waals surface area contributed by atoms with Crippen LogP contribution in [0.1, 0.15) is 30.9 Å². The van der Waals surface area contributed by atoms with Crippen molar-refractivity contribution < 1.29 is 19.0 Å². The van der Waals surface area contributed by atoms with Gasteiger partial charge >= 0.3 is 5.97 Å². The van der Waals surface area contributed by atoms with Gasteiger partial charge in [0.15, 0.2) is 0 Å². The number of benzene rings is 1. The third kappa shape index (κ3) is 3.80. The molecular weight excluding hydrogens is 273 g/mol. The van der Waals surface area contributed by atoms with Crippen LogP contribution in [0.3, 0.4) is 0 Å². The molecule has 1 aliphatic rings. The zero-order valence-corrected chi connectivity index (χ0v) is 12.5. The van der Waals surface area contributed by atoms with E-state index >= 15 is 0 Å². The zero-order valence-electron chi connectivity index (χ0n) is 12.5. The van der Waals surface area contributed by atoms with E-state index in [4.69, 9.17) is 4.74 Å². The number of hydrogen-bond donors (Lipinski definition) is 1. The minimum absolute atomic E-state index is 0.169. The maximum absolute atomic E-state index is 13.1. The van der Waals surface area contributed by atoms with E-state index < -0.39 is 6.04 Å². The number of aliphatic hydroxyl groups excluding tert-OH is 1. The highest BCUT2D eigenvalue weighted by atomic mass is 19.1. The summed E-state index contributed by atoms with van der Waals surface area (Å²) in [4.78, 5) is 13.9. The van der Waals surface area contributed by atoms with Crippen LogP contribution in [-0.4, -0.2) is 42.8 Å². The van der Waals surface area contributed by atoms with E-state index in [1.807, 2.05) is 11.9 Å². The molecule has 0 bridgehead atoms. The Morgan fingerprint density at radius 2 is 2.10 bits per heavy atom. The lowest BCUT2D eigenvalue weighted by Crippen LogP contribution is -2.37. The number of ether oxygens (including phenoxy) is 1. The molecular formula is C16H22FNO3. The van der Waals surface area contributed by atoms with Gasteiger partial charge in [-0.3, -0.25) is 4.90 Å². The average molecular weight is 295 g/mol. The van der Waals surface area contributed by atoms with Crippen LogP contribution in [-0.2, 0) is 9.53 Å². The SMILES string of the molecule is COC(=O)C(c1ccc(F)cc1)N(C)CC1CCCC1O. The van der Waals surface area contributed by atoms with Crippen molar-refractivity contribution in [3.05, 3.63) is 35.6 Å².